The minimum absolute atomic E-state index is 0.204. The maximum absolute atomic E-state index is 13.5. The minimum atomic E-state index is -0.849. The molecule has 0 saturated heterocycles. The first kappa shape index (κ1) is 14.6. The fourth-order valence-electron chi connectivity index (χ4n) is 2.16. The average molecular weight is 279 g/mol. The van der Waals surface area contributed by atoms with Gasteiger partial charge in [0.2, 0.25) is 0 Å². The van der Waals surface area contributed by atoms with Crippen molar-refractivity contribution in [2.24, 2.45) is 0 Å². The maximum atomic E-state index is 13.5. The standard InChI is InChI=1S/C16H16F3N/c1-10-6-12(7-11(2)15(10)18)8-20-9-13-4-3-5-14(17)16(13)19/h3-7,20H,8-9H2,1-2H3. The lowest BCUT2D eigenvalue weighted by atomic mass is 10.1. The van der Waals surface area contributed by atoms with Crippen molar-refractivity contribution in [3.05, 3.63) is 70.0 Å². The molecule has 106 valence electrons. The van der Waals surface area contributed by atoms with E-state index in [0.717, 1.165) is 11.6 Å². The first-order chi connectivity index (χ1) is 9.49. The third-order valence-electron chi connectivity index (χ3n) is 3.17. The van der Waals surface area contributed by atoms with Crippen LogP contribution in [-0.4, -0.2) is 0 Å². The van der Waals surface area contributed by atoms with Gasteiger partial charge in [-0.15, -0.1) is 0 Å². The van der Waals surface area contributed by atoms with Crippen LogP contribution in [0.1, 0.15) is 22.3 Å². The van der Waals surface area contributed by atoms with Crippen molar-refractivity contribution < 1.29 is 13.2 Å². The molecule has 1 nitrogen and oxygen atoms in total. The van der Waals surface area contributed by atoms with E-state index < -0.39 is 11.6 Å². The molecule has 0 radical (unpaired) electrons. The Balaban J connectivity index is 2.01. The first-order valence-corrected chi connectivity index (χ1v) is 6.38. The van der Waals surface area contributed by atoms with Gasteiger partial charge in [-0.2, -0.15) is 0 Å². The van der Waals surface area contributed by atoms with Crippen LogP contribution in [0.2, 0.25) is 0 Å². The van der Waals surface area contributed by atoms with Crippen molar-refractivity contribution in [1.82, 2.24) is 5.32 Å². The molecular weight excluding hydrogens is 263 g/mol. The molecule has 0 aromatic heterocycles. The second-order valence-electron chi connectivity index (χ2n) is 4.86. The summed E-state index contributed by atoms with van der Waals surface area (Å²) < 4.78 is 40.0. The van der Waals surface area contributed by atoms with Crippen molar-refractivity contribution in [3.8, 4) is 0 Å². The van der Waals surface area contributed by atoms with Gasteiger partial charge in [-0.1, -0.05) is 24.3 Å². The van der Waals surface area contributed by atoms with Gasteiger partial charge in [-0.3, -0.25) is 0 Å². The highest BCUT2D eigenvalue weighted by atomic mass is 19.2. The summed E-state index contributed by atoms with van der Waals surface area (Å²) in [4.78, 5) is 0. The lowest BCUT2D eigenvalue weighted by molar-refractivity contribution is 0.492. The molecule has 0 aliphatic carbocycles. The predicted molar refractivity (Wildman–Crippen MR) is 72.8 cm³/mol. The summed E-state index contributed by atoms with van der Waals surface area (Å²) in [6.45, 7) is 4.10. The highest BCUT2D eigenvalue weighted by Gasteiger charge is 2.08. The Morgan fingerprint density at radius 1 is 0.900 bits per heavy atom. The van der Waals surface area contributed by atoms with Gasteiger partial charge in [0.15, 0.2) is 11.6 Å². The van der Waals surface area contributed by atoms with Crippen LogP contribution in [0, 0.1) is 31.3 Å². The Kier molecular flexibility index (Phi) is 4.45. The van der Waals surface area contributed by atoms with Crippen molar-refractivity contribution in [2.75, 3.05) is 0 Å². The highest BCUT2D eigenvalue weighted by Crippen LogP contribution is 2.15. The predicted octanol–water partition coefficient (Wildman–Crippen LogP) is 4.01. The molecule has 0 atom stereocenters. The molecule has 0 unspecified atom stereocenters. The summed E-state index contributed by atoms with van der Waals surface area (Å²) in [5.41, 5.74) is 2.36. The molecule has 0 bridgehead atoms. The number of aryl methyl sites for hydroxylation is 2. The zero-order chi connectivity index (χ0) is 14.7. The normalized spacial score (nSPS) is 10.8. The van der Waals surface area contributed by atoms with E-state index in [2.05, 4.69) is 5.32 Å². The van der Waals surface area contributed by atoms with E-state index in [0.29, 0.717) is 17.7 Å². The molecule has 0 aliphatic heterocycles. The largest absolute Gasteiger partial charge is 0.309 e. The van der Waals surface area contributed by atoms with Crippen molar-refractivity contribution >= 4 is 0 Å². The zero-order valence-electron chi connectivity index (χ0n) is 11.4. The van der Waals surface area contributed by atoms with Gasteiger partial charge in [0.1, 0.15) is 5.82 Å². The van der Waals surface area contributed by atoms with Gasteiger partial charge in [-0.05, 0) is 36.6 Å². The van der Waals surface area contributed by atoms with Crippen molar-refractivity contribution in [1.29, 1.82) is 0 Å². The van der Waals surface area contributed by atoms with E-state index >= 15 is 0 Å². The number of benzene rings is 2. The molecule has 2 aromatic carbocycles. The summed E-state index contributed by atoms with van der Waals surface area (Å²) in [6, 6.07) is 7.59. The second kappa shape index (κ2) is 6.09. The van der Waals surface area contributed by atoms with Crippen LogP contribution in [0.5, 0.6) is 0 Å². The number of hydrogen-bond donors (Lipinski definition) is 1. The third kappa shape index (κ3) is 3.20. The molecular formula is C16H16F3N. The molecule has 0 fully saturated rings. The van der Waals surface area contributed by atoms with Gasteiger partial charge in [0, 0.05) is 18.7 Å². The minimum Gasteiger partial charge on any atom is -0.309 e. The van der Waals surface area contributed by atoms with E-state index in [1.807, 2.05) is 0 Å². The van der Waals surface area contributed by atoms with Crippen LogP contribution < -0.4 is 5.32 Å². The number of rotatable bonds is 4. The van der Waals surface area contributed by atoms with Gasteiger partial charge in [-0.25, -0.2) is 13.2 Å². The van der Waals surface area contributed by atoms with Crippen molar-refractivity contribution in [3.63, 3.8) is 0 Å². The molecule has 1 N–H and O–H groups in total. The number of nitrogens with one attached hydrogen (secondary N) is 1. The smallest absolute Gasteiger partial charge is 0.163 e. The Labute approximate surface area is 116 Å². The lowest BCUT2D eigenvalue weighted by Gasteiger charge is -2.09. The summed E-state index contributed by atoms with van der Waals surface area (Å²) in [7, 11) is 0. The fourth-order valence-corrected chi connectivity index (χ4v) is 2.16. The van der Waals surface area contributed by atoms with Crippen LogP contribution in [0.25, 0.3) is 0 Å². The summed E-state index contributed by atoms with van der Waals surface area (Å²) in [5, 5.41) is 3.03. The Hall–Kier alpha value is -1.81. The molecule has 4 heteroatoms. The van der Waals surface area contributed by atoms with Gasteiger partial charge in [0.05, 0.1) is 0 Å². The van der Waals surface area contributed by atoms with Gasteiger partial charge in [0.25, 0.3) is 0 Å². The monoisotopic (exact) mass is 279 g/mol. The fraction of sp³-hybridized carbons (Fsp3) is 0.250. The van der Waals surface area contributed by atoms with Crippen molar-refractivity contribution in [2.45, 2.75) is 26.9 Å². The third-order valence-corrected chi connectivity index (χ3v) is 3.17. The van der Waals surface area contributed by atoms with Crippen LogP contribution in [-0.2, 0) is 13.1 Å². The van der Waals surface area contributed by atoms with Crippen LogP contribution in [0.15, 0.2) is 30.3 Å². The molecule has 0 heterocycles. The maximum Gasteiger partial charge on any atom is 0.163 e. The molecule has 0 saturated carbocycles. The summed E-state index contributed by atoms with van der Waals surface area (Å²) in [5.74, 6) is -1.88. The summed E-state index contributed by atoms with van der Waals surface area (Å²) >= 11 is 0. The summed E-state index contributed by atoms with van der Waals surface area (Å²) in [6.07, 6.45) is 0. The Morgan fingerprint density at radius 3 is 2.20 bits per heavy atom. The molecule has 0 spiro atoms. The number of halogens is 3. The number of hydrogen-bond acceptors (Lipinski definition) is 1. The van der Waals surface area contributed by atoms with E-state index in [1.54, 1.807) is 26.0 Å². The molecule has 0 amide bonds. The van der Waals surface area contributed by atoms with Gasteiger partial charge < -0.3 is 5.32 Å². The quantitative estimate of drug-likeness (QED) is 0.891. The molecule has 2 aromatic rings. The molecule has 0 aliphatic rings. The van der Waals surface area contributed by atoms with Crippen LogP contribution in [0.3, 0.4) is 0 Å². The van der Waals surface area contributed by atoms with E-state index in [1.165, 1.54) is 12.1 Å². The molecule has 2 rings (SSSR count). The highest BCUT2D eigenvalue weighted by molar-refractivity contribution is 5.30. The molecule has 20 heavy (non-hydrogen) atoms. The average Bonchev–Trinajstić information content (AvgIpc) is 2.41. The topological polar surface area (TPSA) is 12.0 Å². The van der Waals surface area contributed by atoms with Crippen LogP contribution >= 0.6 is 0 Å². The van der Waals surface area contributed by atoms with E-state index in [-0.39, 0.29) is 17.9 Å². The zero-order valence-corrected chi connectivity index (χ0v) is 11.4. The second-order valence-corrected chi connectivity index (χ2v) is 4.86. The first-order valence-electron chi connectivity index (χ1n) is 6.38. The lowest BCUT2D eigenvalue weighted by Crippen LogP contribution is -2.14. The Bertz CT molecular complexity index is 600. The SMILES string of the molecule is Cc1cc(CNCc2cccc(F)c2F)cc(C)c1F. The van der Waals surface area contributed by atoms with Gasteiger partial charge >= 0.3 is 0 Å². The Morgan fingerprint density at radius 2 is 1.55 bits per heavy atom. The van der Waals surface area contributed by atoms with Crippen LogP contribution in [0.4, 0.5) is 13.2 Å². The van der Waals surface area contributed by atoms with E-state index in [4.69, 9.17) is 0 Å². The van der Waals surface area contributed by atoms with E-state index in [9.17, 15) is 13.2 Å².